The lowest BCUT2D eigenvalue weighted by Crippen LogP contribution is -2.38. The lowest BCUT2D eigenvalue weighted by Gasteiger charge is -2.24. The van der Waals surface area contributed by atoms with Crippen molar-refractivity contribution in [2.75, 3.05) is 11.0 Å². The number of aryl methyl sites for hydroxylation is 1. The Balaban J connectivity index is 1.27. The zero-order valence-corrected chi connectivity index (χ0v) is 34.2. The normalized spacial score (nSPS) is 17.0. The number of rotatable bonds is 11. The number of aromatic nitrogens is 7. The fraction of sp³-hybridized carbons (Fsp3) is 0.250. The molecule has 0 aliphatic heterocycles. The molecule has 1 fully saturated rings. The van der Waals surface area contributed by atoms with Crippen molar-refractivity contribution in [2.24, 2.45) is 13.0 Å². The summed E-state index contributed by atoms with van der Waals surface area (Å²) in [4.78, 5) is 37.8. The van der Waals surface area contributed by atoms with Gasteiger partial charge in [0.1, 0.15) is 35.4 Å². The minimum atomic E-state index is -3.99. The Morgan fingerprint density at radius 2 is 1.69 bits per heavy atom. The Morgan fingerprint density at radius 3 is 2.38 bits per heavy atom. The lowest BCUT2D eigenvalue weighted by atomic mass is 10.0. The molecule has 4 heterocycles. The standard InChI is InChI=1S/C40H27ClF9N9O4S/c1-57-33-26(8-5-22(41)29(33)37(55-57)56-64(2,62)63)59-38(53-36-19(39(59)61)4-7-24(52-36)18-3-6-23(44)31(46)30(18)45)25(11-15-9-16(42)12-17(43)10-15)51-27(60)14-58-34-28(32(54-58)35(47)48)20-13-21(20)40(34,49)50/h3-10,12,20-21,25,35H,11,13-14H2,1-2H3,(H,51,60)(H,55,56)/t20-,21+,25-/m0/s1. The summed E-state index contributed by atoms with van der Waals surface area (Å²) in [5, 5.41) is 10.00. The average Bonchev–Trinajstić information content (AvgIpc) is 3.75. The highest BCUT2D eigenvalue weighted by Gasteiger charge is 2.67. The maximum atomic E-state index is 15.5. The summed E-state index contributed by atoms with van der Waals surface area (Å²) < 4.78 is 161. The van der Waals surface area contributed by atoms with E-state index in [1.54, 1.807) is 0 Å². The number of nitrogens with one attached hydrogen (secondary N) is 2. The van der Waals surface area contributed by atoms with E-state index in [-0.39, 0.29) is 56.1 Å². The molecule has 1 saturated carbocycles. The third-order valence-corrected chi connectivity index (χ3v) is 11.9. The van der Waals surface area contributed by atoms with Crippen LogP contribution in [-0.4, -0.2) is 54.7 Å². The summed E-state index contributed by atoms with van der Waals surface area (Å²) in [6.45, 7) is -1.10. The molecule has 1 amide bonds. The van der Waals surface area contributed by atoms with Crippen molar-refractivity contribution in [3.05, 3.63) is 127 Å². The molecular weight excluding hydrogens is 909 g/mol. The summed E-state index contributed by atoms with van der Waals surface area (Å²) >= 11 is 6.57. The number of alkyl halides is 4. The minimum absolute atomic E-state index is 0.0223. The van der Waals surface area contributed by atoms with Gasteiger partial charge in [0, 0.05) is 36.6 Å². The van der Waals surface area contributed by atoms with Crippen LogP contribution in [0.4, 0.5) is 45.3 Å². The second-order valence-corrected chi connectivity index (χ2v) is 17.5. The van der Waals surface area contributed by atoms with E-state index in [0.29, 0.717) is 16.8 Å². The summed E-state index contributed by atoms with van der Waals surface area (Å²) in [6.07, 6.45) is -3.12. The number of nitrogens with zero attached hydrogens (tertiary/aromatic N) is 7. The fourth-order valence-electron chi connectivity index (χ4n) is 8.33. The summed E-state index contributed by atoms with van der Waals surface area (Å²) in [7, 11) is -2.62. The van der Waals surface area contributed by atoms with Gasteiger partial charge in [0.25, 0.3) is 17.9 Å². The maximum Gasteiger partial charge on any atom is 0.293 e. The average molecular weight is 936 g/mol. The number of amides is 1. The van der Waals surface area contributed by atoms with E-state index in [0.717, 1.165) is 45.8 Å². The Labute approximate surface area is 358 Å². The van der Waals surface area contributed by atoms with Crippen molar-refractivity contribution in [3.8, 4) is 16.9 Å². The van der Waals surface area contributed by atoms with E-state index in [4.69, 9.17) is 11.6 Å². The first kappa shape index (κ1) is 42.8. The molecule has 2 aliphatic carbocycles. The Hall–Kier alpha value is -6.49. The van der Waals surface area contributed by atoms with Crippen LogP contribution in [0.5, 0.6) is 0 Å². The number of halogens is 10. The smallest absolute Gasteiger partial charge is 0.293 e. The Bertz CT molecular complexity index is 3300. The van der Waals surface area contributed by atoms with Gasteiger partial charge in [-0.15, -0.1) is 0 Å². The molecule has 7 aromatic rings. The highest BCUT2D eigenvalue weighted by molar-refractivity contribution is 7.92. The quantitative estimate of drug-likeness (QED) is 0.0998. The van der Waals surface area contributed by atoms with E-state index < -0.39 is 122 Å². The predicted octanol–water partition coefficient (Wildman–Crippen LogP) is 7.50. The molecule has 0 spiro atoms. The van der Waals surface area contributed by atoms with Crippen molar-refractivity contribution in [1.82, 2.24) is 39.4 Å². The van der Waals surface area contributed by atoms with Crippen LogP contribution >= 0.6 is 11.6 Å². The molecule has 2 aliphatic rings. The van der Waals surface area contributed by atoms with E-state index >= 15 is 13.2 Å². The molecular formula is C40H27ClF9N9O4S. The highest BCUT2D eigenvalue weighted by Crippen LogP contribution is 2.68. The van der Waals surface area contributed by atoms with Crippen LogP contribution in [0.25, 0.3) is 38.9 Å². The molecule has 64 heavy (non-hydrogen) atoms. The number of anilines is 1. The van der Waals surface area contributed by atoms with Crippen molar-refractivity contribution in [2.45, 2.75) is 43.7 Å². The first-order valence-corrected chi connectivity index (χ1v) is 21.1. The number of fused-ring (bicyclic) bond motifs is 5. The molecule has 0 saturated heterocycles. The number of sulfonamides is 1. The molecule has 2 N–H and O–H groups in total. The van der Waals surface area contributed by atoms with Crippen LogP contribution in [0.3, 0.4) is 0 Å². The second kappa shape index (κ2) is 15.1. The molecule has 0 radical (unpaired) electrons. The number of carbonyl (C=O) groups is 1. The van der Waals surface area contributed by atoms with Crippen LogP contribution in [0.1, 0.15) is 53.1 Å². The Morgan fingerprint density at radius 1 is 0.969 bits per heavy atom. The zero-order valence-electron chi connectivity index (χ0n) is 32.6. The third-order valence-electron chi connectivity index (χ3n) is 11.0. The molecule has 3 atom stereocenters. The molecule has 0 unspecified atom stereocenters. The lowest BCUT2D eigenvalue weighted by molar-refractivity contribution is -0.123. The first-order valence-electron chi connectivity index (χ1n) is 18.8. The molecule has 332 valence electrons. The van der Waals surface area contributed by atoms with Gasteiger partial charge in [0.2, 0.25) is 15.9 Å². The van der Waals surface area contributed by atoms with Gasteiger partial charge >= 0.3 is 0 Å². The summed E-state index contributed by atoms with van der Waals surface area (Å²) in [5.74, 6) is -14.9. The van der Waals surface area contributed by atoms with E-state index in [1.165, 1.54) is 19.2 Å². The topological polar surface area (TPSA) is 159 Å². The maximum absolute atomic E-state index is 15.5. The van der Waals surface area contributed by atoms with Crippen LogP contribution in [0, 0.1) is 35.0 Å². The van der Waals surface area contributed by atoms with Crippen molar-refractivity contribution < 1.29 is 52.7 Å². The second-order valence-electron chi connectivity index (χ2n) is 15.3. The van der Waals surface area contributed by atoms with Gasteiger partial charge in [-0.2, -0.15) is 19.0 Å². The SMILES string of the molecule is Cn1nc(NS(C)(=O)=O)c2c(Cl)ccc(-n3c([C@H](Cc4cc(F)cc(F)c4)NC(=O)Cn4nc(C(F)F)c5c4C(F)(F)[C@@H]4C[C@H]54)nc4nc(-c5ccc(F)c(F)c5F)ccc4c3=O)c21. The van der Waals surface area contributed by atoms with Gasteiger partial charge < -0.3 is 5.32 Å². The van der Waals surface area contributed by atoms with Crippen LogP contribution < -0.4 is 15.6 Å². The first-order chi connectivity index (χ1) is 30.1. The number of hydrogen-bond donors (Lipinski definition) is 2. The van der Waals surface area contributed by atoms with Gasteiger partial charge in [0.15, 0.2) is 28.9 Å². The third kappa shape index (κ3) is 7.19. The van der Waals surface area contributed by atoms with Gasteiger partial charge in [-0.3, -0.25) is 28.2 Å². The largest absolute Gasteiger partial charge is 0.344 e. The summed E-state index contributed by atoms with van der Waals surface area (Å²) in [5.41, 5.74) is -4.89. The van der Waals surface area contributed by atoms with Crippen molar-refractivity contribution in [1.29, 1.82) is 0 Å². The number of pyridine rings is 1. The van der Waals surface area contributed by atoms with Gasteiger partial charge in [0.05, 0.1) is 45.0 Å². The molecule has 24 heteroatoms. The molecule has 4 aromatic heterocycles. The highest BCUT2D eigenvalue weighted by atomic mass is 35.5. The predicted molar refractivity (Wildman–Crippen MR) is 211 cm³/mol. The summed E-state index contributed by atoms with van der Waals surface area (Å²) in [6, 6.07) is 6.86. The van der Waals surface area contributed by atoms with E-state index in [9.17, 15) is 44.3 Å². The van der Waals surface area contributed by atoms with Crippen molar-refractivity contribution >= 4 is 55.3 Å². The van der Waals surface area contributed by atoms with Gasteiger partial charge in [-0.05, 0) is 66.4 Å². The monoisotopic (exact) mass is 935 g/mol. The zero-order chi connectivity index (χ0) is 45.9. The van der Waals surface area contributed by atoms with E-state index in [1.807, 2.05) is 0 Å². The number of benzene rings is 3. The van der Waals surface area contributed by atoms with Crippen LogP contribution in [-0.2, 0) is 40.8 Å². The van der Waals surface area contributed by atoms with E-state index in [2.05, 4.69) is 30.2 Å². The number of carbonyl (C=O) groups excluding carboxylic acids is 1. The van der Waals surface area contributed by atoms with Gasteiger partial charge in [-0.1, -0.05) is 11.6 Å². The number of hydrogen-bond acceptors (Lipinski definition) is 8. The Kier molecular flexibility index (Phi) is 10.1. The van der Waals surface area contributed by atoms with Gasteiger partial charge in [-0.25, -0.2) is 49.1 Å². The molecule has 0 bridgehead atoms. The molecule has 3 aromatic carbocycles. The fourth-order valence-corrected chi connectivity index (χ4v) is 9.07. The molecule has 9 rings (SSSR count). The molecule has 13 nitrogen and oxygen atoms in total. The van der Waals surface area contributed by atoms with Crippen LogP contribution in [0.2, 0.25) is 5.02 Å². The van der Waals surface area contributed by atoms with Crippen LogP contribution in [0.15, 0.2) is 59.4 Å². The van der Waals surface area contributed by atoms with Crippen molar-refractivity contribution in [3.63, 3.8) is 0 Å². The minimum Gasteiger partial charge on any atom is -0.344 e.